The molecule has 0 saturated heterocycles. The van der Waals surface area contributed by atoms with E-state index in [9.17, 15) is 10.1 Å². The van der Waals surface area contributed by atoms with Crippen LogP contribution in [0.15, 0.2) is 42.7 Å². The van der Waals surface area contributed by atoms with Crippen molar-refractivity contribution in [2.24, 2.45) is 0 Å². The van der Waals surface area contributed by atoms with E-state index in [1.807, 2.05) is 32.0 Å². The van der Waals surface area contributed by atoms with Crippen molar-refractivity contribution in [1.82, 2.24) is 4.98 Å². The second-order valence-electron chi connectivity index (χ2n) is 5.22. The minimum Gasteiger partial charge on any atom is -0.379 e. The molecule has 0 bridgehead atoms. The molecule has 0 radical (unpaired) electrons. The molecular weight excluding hydrogens is 266 g/mol. The van der Waals surface area contributed by atoms with Gasteiger partial charge in [-0.3, -0.25) is 15.1 Å². The van der Waals surface area contributed by atoms with Gasteiger partial charge in [0.25, 0.3) is 5.69 Å². The normalized spacial score (nSPS) is 10.6. The van der Waals surface area contributed by atoms with Gasteiger partial charge in [0.15, 0.2) is 0 Å². The van der Waals surface area contributed by atoms with Crippen molar-refractivity contribution < 1.29 is 4.92 Å². The summed E-state index contributed by atoms with van der Waals surface area (Å²) in [7, 11) is 0. The van der Waals surface area contributed by atoms with E-state index in [0.717, 1.165) is 17.5 Å². The van der Waals surface area contributed by atoms with Gasteiger partial charge in [0.2, 0.25) is 0 Å². The number of pyridine rings is 1. The van der Waals surface area contributed by atoms with Crippen molar-refractivity contribution in [3.05, 3.63) is 64.0 Å². The van der Waals surface area contributed by atoms with Gasteiger partial charge in [-0.15, -0.1) is 0 Å². The number of nitrogens with one attached hydrogen (secondary N) is 1. The van der Waals surface area contributed by atoms with Crippen LogP contribution in [-0.2, 0) is 6.42 Å². The van der Waals surface area contributed by atoms with Crippen molar-refractivity contribution >= 4 is 11.4 Å². The van der Waals surface area contributed by atoms with Crippen molar-refractivity contribution in [1.29, 1.82) is 0 Å². The van der Waals surface area contributed by atoms with Crippen LogP contribution in [0.3, 0.4) is 0 Å². The highest BCUT2D eigenvalue weighted by atomic mass is 16.6. The zero-order valence-electron chi connectivity index (χ0n) is 12.2. The van der Waals surface area contributed by atoms with Gasteiger partial charge in [-0.1, -0.05) is 19.9 Å². The number of nitro groups is 1. The molecule has 2 rings (SSSR count). The molecule has 21 heavy (non-hydrogen) atoms. The van der Waals surface area contributed by atoms with Crippen LogP contribution < -0.4 is 5.32 Å². The van der Waals surface area contributed by atoms with Crippen LogP contribution in [0.5, 0.6) is 0 Å². The van der Waals surface area contributed by atoms with Crippen LogP contribution >= 0.6 is 0 Å². The van der Waals surface area contributed by atoms with Crippen molar-refractivity contribution in [3.63, 3.8) is 0 Å². The fourth-order valence-corrected chi connectivity index (χ4v) is 2.10. The van der Waals surface area contributed by atoms with E-state index >= 15 is 0 Å². The molecular formula is C16H19N3O2. The average Bonchev–Trinajstić information content (AvgIpc) is 2.48. The van der Waals surface area contributed by atoms with Crippen LogP contribution in [0.1, 0.15) is 30.9 Å². The molecule has 0 unspecified atom stereocenters. The molecule has 1 aromatic heterocycles. The Morgan fingerprint density at radius 2 is 1.95 bits per heavy atom. The first-order valence-corrected chi connectivity index (χ1v) is 6.99. The monoisotopic (exact) mass is 285 g/mol. The molecule has 2 aromatic rings. The summed E-state index contributed by atoms with van der Waals surface area (Å²) in [6.45, 7) is 4.69. The molecule has 0 atom stereocenters. The minimum absolute atomic E-state index is 0.135. The molecule has 1 N–H and O–H groups in total. The lowest BCUT2D eigenvalue weighted by molar-refractivity contribution is -0.384. The molecule has 5 heteroatoms. The van der Waals surface area contributed by atoms with Crippen LogP contribution in [0.4, 0.5) is 11.4 Å². The second-order valence-corrected chi connectivity index (χ2v) is 5.22. The summed E-state index contributed by atoms with van der Waals surface area (Å²) in [6.07, 6.45) is 4.29. The Morgan fingerprint density at radius 3 is 2.57 bits per heavy atom. The maximum Gasteiger partial charge on any atom is 0.292 e. The maximum atomic E-state index is 11.2. The van der Waals surface area contributed by atoms with Crippen LogP contribution in [0, 0.1) is 10.1 Å². The van der Waals surface area contributed by atoms with Gasteiger partial charge in [-0.25, -0.2) is 0 Å². The SMILES string of the molecule is CC(C)c1ccc(NCCc2ccncc2)c([N+](=O)[O-])c1. The third-order valence-corrected chi connectivity index (χ3v) is 3.36. The van der Waals surface area contributed by atoms with E-state index in [4.69, 9.17) is 0 Å². The van der Waals surface area contributed by atoms with E-state index in [1.54, 1.807) is 24.5 Å². The molecule has 1 heterocycles. The lowest BCUT2D eigenvalue weighted by Gasteiger charge is -2.10. The van der Waals surface area contributed by atoms with Crippen LogP contribution in [0.2, 0.25) is 0 Å². The second kappa shape index (κ2) is 6.83. The van der Waals surface area contributed by atoms with Crippen molar-refractivity contribution in [2.75, 3.05) is 11.9 Å². The van der Waals surface area contributed by atoms with Gasteiger partial charge in [0.1, 0.15) is 5.69 Å². The molecule has 1 aromatic carbocycles. The van der Waals surface area contributed by atoms with E-state index in [-0.39, 0.29) is 16.5 Å². The van der Waals surface area contributed by atoms with Crippen LogP contribution in [-0.4, -0.2) is 16.5 Å². The fourth-order valence-electron chi connectivity index (χ4n) is 2.10. The average molecular weight is 285 g/mol. The Kier molecular flexibility index (Phi) is 4.87. The number of hydrogen-bond acceptors (Lipinski definition) is 4. The van der Waals surface area contributed by atoms with E-state index < -0.39 is 0 Å². The molecule has 0 fully saturated rings. The summed E-state index contributed by atoms with van der Waals surface area (Å²) in [5.74, 6) is 0.273. The quantitative estimate of drug-likeness (QED) is 0.648. The Morgan fingerprint density at radius 1 is 1.24 bits per heavy atom. The first-order chi connectivity index (χ1) is 10.1. The predicted octanol–water partition coefficient (Wildman–Crippen LogP) is 3.77. The Balaban J connectivity index is 2.07. The summed E-state index contributed by atoms with van der Waals surface area (Å²) in [6, 6.07) is 9.27. The van der Waals surface area contributed by atoms with Gasteiger partial charge in [0, 0.05) is 25.0 Å². The molecule has 0 spiro atoms. The number of aromatic nitrogens is 1. The lowest BCUT2D eigenvalue weighted by atomic mass is 10.0. The Hall–Kier alpha value is -2.43. The smallest absolute Gasteiger partial charge is 0.292 e. The van der Waals surface area contributed by atoms with Crippen LogP contribution in [0.25, 0.3) is 0 Å². The highest BCUT2D eigenvalue weighted by Gasteiger charge is 2.15. The topological polar surface area (TPSA) is 68.1 Å². The zero-order chi connectivity index (χ0) is 15.2. The third-order valence-electron chi connectivity index (χ3n) is 3.36. The fraction of sp³-hybridized carbons (Fsp3) is 0.312. The molecule has 0 aliphatic heterocycles. The maximum absolute atomic E-state index is 11.2. The highest BCUT2D eigenvalue weighted by Crippen LogP contribution is 2.28. The Labute approximate surface area is 124 Å². The molecule has 0 amide bonds. The summed E-state index contributed by atoms with van der Waals surface area (Å²) < 4.78 is 0. The standard InChI is InChI=1S/C16H19N3O2/c1-12(2)14-3-4-15(16(11-14)19(20)21)18-10-7-13-5-8-17-9-6-13/h3-6,8-9,11-12,18H,7,10H2,1-2H3. The van der Waals surface area contributed by atoms with Gasteiger partial charge in [-0.05, 0) is 41.7 Å². The number of hydrogen-bond donors (Lipinski definition) is 1. The third kappa shape index (κ3) is 4.02. The van der Waals surface area contributed by atoms with E-state index in [2.05, 4.69) is 10.3 Å². The highest BCUT2D eigenvalue weighted by molar-refractivity contribution is 5.63. The van der Waals surface area contributed by atoms with Crippen molar-refractivity contribution in [3.8, 4) is 0 Å². The Bertz CT molecular complexity index is 612. The number of nitro benzene ring substituents is 1. The molecule has 0 saturated carbocycles. The largest absolute Gasteiger partial charge is 0.379 e. The minimum atomic E-state index is -0.333. The number of benzene rings is 1. The predicted molar refractivity (Wildman–Crippen MR) is 83.6 cm³/mol. The summed E-state index contributed by atoms with van der Waals surface area (Å²) >= 11 is 0. The molecule has 5 nitrogen and oxygen atoms in total. The van der Waals surface area contributed by atoms with Gasteiger partial charge in [0.05, 0.1) is 4.92 Å². The molecule has 110 valence electrons. The number of anilines is 1. The van der Waals surface area contributed by atoms with Gasteiger partial charge < -0.3 is 5.32 Å². The van der Waals surface area contributed by atoms with E-state index in [1.165, 1.54) is 0 Å². The lowest BCUT2D eigenvalue weighted by Crippen LogP contribution is -2.07. The zero-order valence-corrected chi connectivity index (χ0v) is 12.2. The number of rotatable bonds is 6. The summed E-state index contributed by atoms with van der Waals surface area (Å²) in [5.41, 5.74) is 2.83. The van der Waals surface area contributed by atoms with Gasteiger partial charge >= 0.3 is 0 Å². The number of nitrogens with zero attached hydrogens (tertiary/aromatic N) is 2. The first kappa shape index (κ1) is 15.0. The first-order valence-electron chi connectivity index (χ1n) is 6.99. The van der Waals surface area contributed by atoms with Gasteiger partial charge in [-0.2, -0.15) is 0 Å². The summed E-state index contributed by atoms with van der Waals surface area (Å²) in [4.78, 5) is 14.8. The van der Waals surface area contributed by atoms with Crippen molar-refractivity contribution in [2.45, 2.75) is 26.2 Å². The summed E-state index contributed by atoms with van der Waals surface area (Å²) in [5, 5.41) is 14.3. The van der Waals surface area contributed by atoms with E-state index in [0.29, 0.717) is 12.2 Å². The molecule has 0 aliphatic carbocycles. The molecule has 0 aliphatic rings.